The van der Waals surface area contributed by atoms with Gasteiger partial charge in [0.25, 0.3) is 0 Å². The van der Waals surface area contributed by atoms with Crippen molar-refractivity contribution >= 4 is 11.8 Å². The summed E-state index contributed by atoms with van der Waals surface area (Å²) in [7, 11) is 1.53. The molecule has 5 nitrogen and oxygen atoms in total. The SMILES string of the molecule is CCOC(=O)C(C#N)CC(=O)c1ccc(OC)cc1. The minimum absolute atomic E-state index is 0.179. The van der Waals surface area contributed by atoms with Crippen molar-refractivity contribution in [1.82, 2.24) is 0 Å². The molecule has 1 atom stereocenters. The van der Waals surface area contributed by atoms with E-state index in [0.717, 1.165) is 0 Å². The lowest BCUT2D eigenvalue weighted by Crippen LogP contribution is -2.19. The lowest BCUT2D eigenvalue weighted by atomic mass is 9.99. The Hall–Kier alpha value is -2.35. The van der Waals surface area contributed by atoms with Crippen molar-refractivity contribution in [3.8, 4) is 11.8 Å². The van der Waals surface area contributed by atoms with Crippen LogP contribution in [-0.4, -0.2) is 25.5 Å². The van der Waals surface area contributed by atoms with E-state index in [0.29, 0.717) is 11.3 Å². The number of nitrogens with zero attached hydrogens (tertiary/aromatic N) is 1. The van der Waals surface area contributed by atoms with Crippen LogP contribution >= 0.6 is 0 Å². The highest BCUT2D eigenvalue weighted by Crippen LogP contribution is 2.15. The number of hydrogen-bond donors (Lipinski definition) is 0. The molecule has 0 fully saturated rings. The van der Waals surface area contributed by atoms with Crippen LogP contribution in [-0.2, 0) is 9.53 Å². The van der Waals surface area contributed by atoms with E-state index in [4.69, 9.17) is 14.7 Å². The maximum Gasteiger partial charge on any atom is 0.323 e. The van der Waals surface area contributed by atoms with Crippen LogP contribution < -0.4 is 4.74 Å². The molecule has 0 bridgehead atoms. The van der Waals surface area contributed by atoms with Crippen LogP contribution in [0.1, 0.15) is 23.7 Å². The molecular formula is C14H15NO4. The molecule has 1 aromatic carbocycles. The number of ether oxygens (including phenoxy) is 2. The highest BCUT2D eigenvalue weighted by Gasteiger charge is 2.23. The molecule has 0 amide bonds. The van der Waals surface area contributed by atoms with Gasteiger partial charge in [0.15, 0.2) is 11.7 Å². The molecular weight excluding hydrogens is 246 g/mol. The van der Waals surface area contributed by atoms with Crippen molar-refractivity contribution in [3.05, 3.63) is 29.8 Å². The first-order valence-corrected chi connectivity index (χ1v) is 5.85. The van der Waals surface area contributed by atoms with Gasteiger partial charge in [0, 0.05) is 12.0 Å². The number of nitriles is 1. The summed E-state index contributed by atoms with van der Waals surface area (Å²) in [6.45, 7) is 1.84. The van der Waals surface area contributed by atoms with E-state index in [-0.39, 0.29) is 18.8 Å². The maximum absolute atomic E-state index is 11.9. The minimum Gasteiger partial charge on any atom is -0.497 e. The molecule has 0 heterocycles. The standard InChI is InChI=1S/C14H15NO4/c1-3-19-14(17)11(9-15)8-13(16)10-4-6-12(18-2)7-5-10/h4-7,11H,3,8H2,1-2H3. The summed E-state index contributed by atoms with van der Waals surface area (Å²) >= 11 is 0. The second-order valence-electron chi connectivity index (χ2n) is 3.79. The van der Waals surface area contributed by atoms with Gasteiger partial charge in [-0.2, -0.15) is 5.26 Å². The van der Waals surface area contributed by atoms with Gasteiger partial charge in [0.2, 0.25) is 0 Å². The summed E-state index contributed by atoms with van der Waals surface area (Å²) in [6.07, 6.45) is -0.179. The molecule has 0 saturated heterocycles. The number of carbonyl (C=O) groups excluding carboxylic acids is 2. The quantitative estimate of drug-likeness (QED) is 0.578. The van der Waals surface area contributed by atoms with Crippen LogP contribution in [0.5, 0.6) is 5.75 Å². The molecule has 0 aliphatic carbocycles. The minimum atomic E-state index is -1.06. The van der Waals surface area contributed by atoms with Gasteiger partial charge in [-0.05, 0) is 31.2 Å². The third-order valence-electron chi connectivity index (χ3n) is 2.53. The van der Waals surface area contributed by atoms with Crippen LogP contribution in [0.25, 0.3) is 0 Å². The summed E-state index contributed by atoms with van der Waals surface area (Å²) in [5.41, 5.74) is 0.436. The van der Waals surface area contributed by atoms with Crippen molar-refractivity contribution in [2.45, 2.75) is 13.3 Å². The topological polar surface area (TPSA) is 76.4 Å². The number of ketones is 1. The van der Waals surface area contributed by atoms with E-state index in [9.17, 15) is 9.59 Å². The zero-order chi connectivity index (χ0) is 14.3. The van der Waals surface area contributed by atoms with Gasteiger partial charge in [0.05, 0.1) is 19.8 Å². The van der Waals surface area contributed by atoms with E-state index in [1.54, 1.807) is 37.3 Å². The van der Waals surface area contributed by atoms with Crippen LogP contribution in [0.4, 0.5) is 0 Å². The molecule has 0 N–H and O–H groups in total. The number of methoxy groups -OCH3 is 1. The fourth-order valence-corrected chi connectivity index (χ4v) is 1.50. The zero-order valence-corrected chi connectivity index (χ0v) is 10.9. The van der Waals surface area contributed by atoms with Crippen LogP contribution in [0.3, 0.4) is 0 Å². The summed E-state index contributed by atoms with van der Waals surface area (Å²) in [5, 5.41) is 8.88. The van der Waals surface area contributed by atoms with Crippen molar-refractivity contribution in [3.63, 3.8) is 0 Å². The van der Waals surface area contributed by atoms with E-state index in [1.165, 1.54) is 7.11 Å². The van der Waals surface area contributed by atoms with Crippen LogP contribution in [0.15, 0.2) is 24.3 Å². The average molecular weight is 261 g/mol. The van der Waals surface area contributed by atoms with Gasteiger partial charge in [-0.25, -0.2) is 0 Å². The summed E-state index contributed by atoms with van der Waals surface area (Å²) in [4.78, 5) is 23.3. The molecule has 1 unspecified atom stereocenters. The number of benzene rings is 1. The summed E-state index contributed by atoms with van der Waals surface area (Å²) in [5.74, 6) is -1.36. The van der Waals surface area contributed by atoms with Crippen LogP contribution in [0, 0.1) is 17.2 Å². The van der Waals surface area contributed by atoms with Crippen molar-refractivity contribution in [1.29, 1.82) is 5.26 Å². The van der Waals surface area contributed by atoms with E-state index >= 15 is 0 Å². The number of rotatable bonds is 6. The van der Waals surface area contributed by atoms with E-state index in [2.05, 4.69) is 0 Å². The third-order valence-corrected chi connectivity index (χ3v) is 2.53. The lowest BCUT2D eigenvalue weighted by Gasteiger charge is -2.08. The fraction of sp³-hybridized carbons (Fsp3) is 0.357. The Morgan fingerprint density at radius 2 is 1.95 bits per heavy atom. The Morgan fingerprint density at radius 1 is 1.32 bits per heavy atom. The summed E-state index contributed by atoms with van der Waals surface area (Å²) in [6, 6.07) is 8.29. The van der Waals surface area contributed by atoms with E-state index in [1.807, 2.05) is 0 Å². The number of carbonyl (C=O) groups is 2. The Morgan fingerprint density at radius 3 is 2.42 bits per heavy atom. The molecule has 1 aromatic rings. The first-order chi connectivity index (χ1) is 9.12. The van der Waals surface area contributed by atoms with Gasteiger partial charge in [-0.3, -0.25) is 9.59 Å². The Kier molecular flexibility index (Phi) is 5.55. The normalized spacial score (nSPS) is 11.2. The Labute approximate surface area is 111 Å². The average Bonchev–Trinajstić information content (AvgIpc) is 2.44. The predicted molar refractivity (Wildman–Crippen MR) is 67.7 cm³/mol. The molecule has 0 spiro atoms. The first-order valence-electron chi connectivity index (χ1n) is 5.85. The van der Waals surface area contributed by atoms with Crippen molar-refractivity contribution in [2.24, 2.45) is 5.92 Å². The second-order valence-corrected chi connectivity index (χ2v) is 3.79. The van der Waals surface area contributed by atoms with E-state index < -0.39 is 11.9 Å². The monoisotopic (exact) mass is 261 g/mol. The molecule has 0 aromatic heterocycles. The third kappa shape index (κ3) is 4.11. The number of Topliss-reactive ketones (excluding diaryl/α,β-unsaturated/α-hetero) is 1. The van der Waals surface area contributed by atoms with Crippen LogP contribution in [0.2, 0.25) is 0 Å². The maximum atomic E-state index is 11.9. The second kappa shape index (κ2) is 7.17. The molecule has 100 valence electrons. The van der Waals surface area contributed by atoms with Gasteiger partial charge < -0.3 is 9.47 Å². The van der Waals surface area contributed by atoms with Gasteiger partial charge in [0.1, 0.15) is 5.75 Å². The fourth-order valence-electron chi connectivity index (χ4n) is 1.50. The molecule has 5 heteroatoms. The zero-order valence-electron chi connectivity index (χ0n) is 10.9. The van der Waals surface area contributed by atoms with Gasteiger partial charge >= 0.3 is 5.97 Å². The number of esters is 1. The highest BCUT2D eigenvalue weighted by molar-refractivity contribution is 5.98. The Balaban J connectivity index is 2.72. The molecule has 1 rings (SSSR count). The molecule has 0 radical (unpaired) electrons. The predicted octanol–water partition coefficient (Wildman–Crippen LogP) is 1.97. The van der Waals surface area contributed by atoms with Crippen molar-refractivity contribution < 1.29 is 19.1 Å². The summed E-state index contributed by atoms with van der Waals surface area (Å²) < 4.78 is 9.72. The Bertz CT molecular complexity index is 487. The largest absolute Gasteiger partial charge is 0.497 e. The molecule has 0 aliphatic rings. The van der Waals surface area contributed by atoms with Crippen molar-refractivity contribution in [2.75, 3.05) is 13.7 Å². The molecule has 0 saturated carbocycles. The molecule has 19 heavy (non-hydrogen) atoms. The first kappa shape index (κ1) is 14.7. The smallest absolute Gasteiger partial charge is 0.323 e. The lowest BCUT2D eigenvalue weighted by molar-refractivity contribution is -0.145. The highest BCUT2D eigenvalue weighted by atomic mass is 16.5. The van der Waals surface area contributed by atoms with Gasteiger partial charge in [-0.15, -0.1) is 0 Å². The van der Waals surface area contributed by atoms with Gasteiger partial charge in [-0.1, -0.05) is 0 Å². The number of hydrogen-bond acceptors (Lipinski definition) is 5. The molecule has 0 aliphatic heterocycles.